The average molecular weight is 368 g/mol. The molecule has 0 spiro atoms. The monoisotopic (exact) mass is 368 g/mol. The number of alkyl halides is 9. The van der Waals surface area contributed by atoms with Crippen molar-refractivity contribution < 1.29 is 49.4 Å². The third kappa shape index (κ3) is 5.95. The van der Waals surface area contributed by atoms with Gasteiger partial charge in [-0.25, -0.2) is 0 Å². The predicted octanol–water partition coefficient (Wildman–Crippen LogP) is 5.20. The van der Waals surface area contributed by atoms with Gasteiger partial charge in [0, 0.05) is 5.57 Å². The smallest absolute Gasteiger partial charge is 0.416 e. The maximum atomic E-state index is 12.7. The summed E-state index contributed by atoms with van der Waals surface area (Å²) in [7, 11) is 0. The zero-order valence-electron chi connectivity index (χ0n) is 11.5. The molecule has 0 amide bonds. The second-order valence-corrected chi connectivity index (χ2v) is 4.56. The topological polar surface area (TPSA) is 29.5 Å². The van der Waals surface area contributed by atoms with Gasteiger partial charge in [-0.05, 0) is 23.8 Å². The van der Waals surface area contributed by atoms with Crippen LogP contribution >= 0.6 is 0 Å². The Hall–Kier alpha value is -1.91. The van der Waals surface area contributed by atoms with Gasteiger partial charge in [-0.1, -0.05) is 0 Å². The van der Waals surface area contributed by atoms with Crippen LogP contribution in [0.25, 0.3) is 5.57 Å². The van der Waals surface area contributed by atoms with E-state index in [0.29, 0.717) is 0 Å². The van der Waals surface area contributed by atoms with Gasteiger partial charge in [0.1, 0.15) is 6.61 Å². The molecule has 0 saturated heterocycles. The molecule has 0 radical (unpaired) electrons. The Morgan fingerprint density at radius 1 is 0.875 bits per heavy atom. The standard InChI is InChI=1S/C13H9F9O2/c14-11(15,16)6-24-5-8(4-23)7-1-9(12(17,18)19)3-10(2-7)13(20,21)22/h1-4,23H,5-6H2. The van der Waals surface area contributed by atoms with Crippen LogP contribution in [0, 0.1) is 0 Å². The number of hydrogen-bond donors (Lipinski definition) is 1. The van der Waals surface area contributed by atoms with Crippen molar-refractivity contribution in [3.05, 3.63) is 41.2 Å². The van der Waals surface area contributed by atoms with Crippen LogP contribution in [0.4, 0.5) is 39.5 Å². The molecule has 1 aromatic rings. The summed E-state index contributed by atoms with van der Waals surface area (Å²) in [5.41, 5.74) is -4.76. The van der Waals surface area contributed by atoms with Crippen LogP contribution in [-0.2, 0) is 17.1 Å². The van der Waals surface area contributed by atoms with Crippen molar-refractivity contribution in [2.24, 2.45) is 0 Å². The quantitative estimate of drug-likeness (QED) is 0.585. The number of benzene rings is 1. The molecule has 0 aromatic heterocycles. The third-order valence-electron chi connectivity index (χ3n) is 2.64. The van der Waals surface area contributed by atoms with Gasteiger partial charge in [0.15, 0.2) is 0 Å². The Morgan fingerprint density at radius 3 is 1.67 bits per heavy atom. The first-order valence-electron chi connectivity index (χ1n) is 6.01. The van der Waals surface area contributed by atoms with E-state index >= 15 is 0 Å². The van der Waals surface area contributed by atoms with Gasteiger partial charge >= 0.3 is 18.5 Å². The Morgan fingerprint density at radius 2 is 1.33 bits per heavy atom. The van der Waals surface area contributed by atoms with Crippen molar-refractivity contribution in [3.63, 3.8) is 0 Å². The number of halogens is 9. The molecule has 0 aliphatic rings. The van der Waals surface area contributed by atoms with Crippen LogP contribution in [0.15, 0.2) is 24.5 Å². The van der Waals surface area contributed by atoms with Gasteiger partial charge in [0.25, 0.3) is 0 Å². The highest BCUT2D eigenvalue weighted by Gasteiger charge is 2.37. The van der Waals surface area contributed by atoms with E-state index in [1.165, 1.54) is 0 Å². The Kier molecular flexibility index (Phi) is 5.80. The van der Waals surface area contributed by atoms with E-state index in [2.05, 4.69) is 4.74 Å². The molecular weight excluding hydrogens is 359 g/mol. The highest BCUT2D eigenvalue weighted by molar-refractivity contribution is 5.67. The summed E-state index contributed by atoms with van der Waals surface area (Å²) in [5, 5.41) is 8.91. The lowest BCUT2D eigenvalue weighted by atomic mass is 10.00. The number of aliphatic hydroxyl groups is 1. The van der Waals surface area contributed by atoms with Crippen molar-refractivity contribution in [3.8, 4) is 0 Å². The normalized spacial score (nSPS) is 14.1. The maximum absolute atomic E-state index is 12.7. The van der Waals surface area contributed by atoms with Gasteiger partial charge in [-0.3, -0.25) is 0 Å². The highest BCUT2D eigenvalue weighted by Crippen LogP contribution is 2.37. The zero-order chi connectivity index (χ0) is 18.8. The van der Waals surface area contributed by atoms with Crippen molar-refractivity contribution in [1.29, 1.82) is 0 Å². The fourth-order valence-electron chi connectivity index (χ4n) is 1.61. The second kappa shape index (κ2) is 6.91. The number of ether oxygens (including phenoxy) is 1. The van der Waals surface area contributed by atoms with Crippen molar-refractivity contribution in [2.75, 3.05) is 13.2 Å². The minimum absolute atomic E-state index is 0.0893. The molecule has 0 aliphatic carbocycles. The van der Waals surface area contributed by atoms with Crippen LogP contribution in [0.1, 0.15) is 16.7 Å². The van der Waals surface area contributed by atoms with E-state index in [1.54, 1.807) is 0 Å². The third-order valence-corrected chi connectivity index (χ3v) is 2.64. The lowest BCUT2D eigenvalue weighted by Crippen LogP contribution is -2.18. The van der Waals surface area contributed by atoms with Gasteiger partial charge < -0.3 is 9.84 Å². The average Bonchev–Trinajstić information content (AvgIpc) is 2.40. The van der Waals surface area contributed by atoms with Crippen LogP contribution in [0.5, 0.6) is 0 Å². The maximum Gasteiger partial charge on any atom is 0.416 e. The Bertz CT molecular complexity index is 565. The van der Waals surface area contributed by atoms with E-state index in [4.69, 9.17) is 5.11 Å². The molecule has 0 atom stereocenters. The predicted molar refractivity (Wildman–Crippen MR) is 63.9 cm³/mol. The zero-order valence-corrected chi connectivity index (χ0v) is 11.5. The first-order valence-corrected chi connectivity index (χ1v) is 6.01. The van der Waals surface area contributed by atoms with Crippen LogP contribution in [0.3, 0.4) is 0 Å². The molecule has 1 rings (SSSR count). The summed E-state index contributed by atoms with van der Waals surface area (Å²) in [6, 6.07) is 0.400. The molecule has 1 aromatic carbocycles. The molecule has 0 fully saturated rings. The molecule has 0 bridgehead atoms. The molecule has 1 N–H and O–H groups in total. The molecule has 0 unspecified atom stereocenters. The summed E-state index contributed by atoms with van der Waals surface area (Å²) in [4.78, 5) is 0. The van der Waals surface area contributed by atoms with E-state index in [1.807, 2.05) is 0 Å². The summed E-state index contributed by atoms with van der Waals surface area (Å²) < 4.78 is 116. The van der Waals surface area contributed by atoms with Crippen LogP contribution in [0.2, 0.25) is 0 Å². The minimum atomic E-state index is -5.12. The number of hydrogen-bond acceptors (Lipinski definition) is 2. The van der Waals surface area contributed by atoms with E-state index in [0.717, 1.165) is 0 Å². The molecule has 0 heterocycles. The fraction of sp³-hybridized carbons (Fsp3) is 0.385. The first kappa shape index (κ1) is 20.1. The second-order valence-electron chi connectivity index (χ2n) is 4.56. The Balaban J connectivity index is 3.20. The van der Waals surface area contributed by atoms with Crippen molar-refractivity contribution >= 4 is 5.57 Å². The van der Waals surface area contributed by atoms with E-state index in [9.17, 15) is 39.5 Å². The van der Waals surface area contributed by atoms with Gasteiger partial charge in [-0.15, -0.1) is 0 Å². The van der Waals surface area contributed by atoms with Crippen molar-refractivity contribution in [1.82, 2.24) is 0 Å². The lowest BCUT2D eigenvalue weighted by Gasteiger charge is -2.16. The lowest BCUT2D eigenvalue weighted by molar-refractivity contribution is -0.170. The number of rotatable bonds is 4. The van der Waals surface area contributed by atoms with Gasteiger partial charge in [-0.2, -0.15) is 39.5 Å². The molecule has 24 heavy (non-hydrogen) atoms. The summed E-state index contributed by atoms with van der Waals surface area (Å²) in [6.45, 7) is -2.82. The molecular formula is C13H9F9O2. The molecule has 0 aliphatic heterocycles. The molecule has 2 nitrogen and oxygen atoms in total. The number of aliphatic hydroxyl groups excluding tert-OH is 1. The van der Waals surface area contributed by atoms with Crippen molar-refractivity contribution in [2.45, 2.75) is 18.5 Å². The first-order chi connectivity index (χ1) is 10.7. The van der Waals surface area contributed by atoms with E-state index < -0.39 is 54.0 Å². The largest absolute Gasteiger partial charge is 0.515 e. The fourth-order valence-corrected chi connectivity index (χ4v) is 1.61. The summed E-state index contributed by atoms with van der Waals surface area (Å²) in [5.74, 6) is 0. The molecule has 136 valence electrons. The minimum Gasteiger partial charge on any atom is -0.515 e. The van der Waals surface area contributed by atoms with Gasteiger partial charge in [0.2, 0.25) is 0 Å². The molecule has 11 heteroatoms. The van der Waals surface area contributed by atoms with Gasteiger partial charge in [0.05, 0.1) is 24.0 Å². The summed E-state index contributed by atoms with van der Waals surface area (Å²) >= 11 is 0. The Labute approximate surface area is 129 Å². The van der Waals surface area contributed by atoms with Crippen LogP contribution in [-0.4, -0.2) is 24.5 Å². The summed E-state index contributed by atoms with van der Waals surface area (Å²) in [6.07, 6.45) is -14.9. The SMILES string of the molecule is OC=C(COCC(F)(F)F)c1cc(C(F)(F)F)cc(C(F)(F)F)c1. The van der Waals surface area contributed by atoms with E-state index in [-0.39, 0.29) is 24.5 Å². The van der Waals surface area contributed by atoms with Crippen LogP contribution < -0.4 is 0 Å². The molecule has 0 saturated carbocycles. The highest BCUT2D eigenvalue weighted by atomic mass is 19.4.